The summed E-state index contributed by atoms with van der Waals surface area (Å²) in [7, 11) is 0. The van der Waals surface area contributed by atoms with Crippen LogP contribution in [0.3, 0.4) is 0 Å². The lowest BCUT2D eigenvalue weighted by atomic mass is 10.3. The summed E-state index contributed by atoms with van der Waals surface area (Å²) < 4.78 is 39.8. The zero-order chi connectivity index (χ0) is 15.6. The topological polar surface area (TPSA) is 94.5 Å². The first kappa shape index (κ1) is 15.2. The number of nitrogens with zero attached hydrogens (tertiary/aromatic N) is 5. The Morgan fingerprint density at radius 3 is 2.43 bits per heavy atom. The minimum atomic E-state index is -4.61. The largest absolute Gasteiger partial charge is 0.433 e. The number of anilines is 1. The van der Waals surface area contributed by atoms with Crippen molar-refractivity contribution in [2.75, 3.05) is 5.43 Å². The Labute approximate surface area is 118 Å². The molecule has 0 saturated heterocycles. The van der Waals surface area contributed by atoms with Crippen molar-refractivity contribution < 1.29 is 13.2 Å². The van der Waals surface area contributed by atoms with E-state index in [-0.39, 0.29) is 11.8 Å². The Morgan fingerprint density at radius 2 is 1.90 bits per heavy atom. The third-order valence-electron chi connectivity index (χ3n) is 2.70. The van der Waals surface area contributed by atoms with E-state index >= 15 is 0 Å². The first-order valence-corrected chi connectivity index (χ1v) is 6.27. The summed E-state index contributed by atoms with van der Waals surface area (Å²) in [4.78, 5) is 11.4. The summed E-state index contributed by atoms with van der Waals surface area (Å²) in [5.74, 6) is 5.80. The quantitative estimate of drug-likeness (QED) is 0.656. The molecule has 3 N–H and O–H groups in total. The van der Waals surface area contributed by atoms with Gasteiger partial charge in [0.05, 0.1) is 0 Å². The molecule has 0 aromatic carbocycles. The van der Waals surface area contributed by atoms with Gasteiger partial charge in [-0.25, -0.2) is 15.8 Å². The predicted molar refractivity (Wildman–Crippen MR) is 68.5 cm³/mol. The number of nitrogens with two attached hydrogens (primary N) is 1. The molecule has 0 amide bonds. The number of alkyl halides is 3. The van der Waals surface area contributed by atoms with Gasteiger partial charge in [0.25, 0.3) is 0 Å². The Morgan fingerprint density at radius 1 is 1.19 bits per heavy atom. The maximum Gasteiger partial charge on any atom is 0.433 e. The monoisotopic (exact) mass is 301 g/mol. The second-order valence-corrected chi connectivity index (χ2v) is 4.14. The molecule has 21 heavy (non-hydrogen) atoms. The third kappa shape index (κ3) is 3.10. The van der Waals surface area contributed by atoms with Gasteiger partial charge in [0, 0.05) is 18.9 Å². The van der Waals surface area contributed by atoms with E-state index in [0.717, 1.165) is 6.07 Å². The lowest BCUT2D eigenvalue weighted by Crippen LogP contribution is -2.18. The van der Waals surface area contributed by atoms with Gasteiger partial charge in [-0.05, 0) is 0 Å². The molecule has 2 aromatic rings. The lowest BCUT2D eigenvalue weighted by Gasteiger charge is -2.10. The van der Waals surface area contributed by atoms with E-state index in [1.165, 1.54) is 4.68 Å². The molecule has 0 atom stereocenters. The molecule has 0 aliphatic carbocycles. The Hall–Kier alpha value is -2.23. The van der Waals surface area contributed by atoms with Crippen LogP contribution in [0.25, 0.3) is 5.82 Å². The van der Waals surface area contributed by atoms with Gasteiger partial charge >= 0.3 is 6.18 Å². The van der Waals surface area contributed by atoms with Crippen LogP contribution in [0, 0.1) is 0 Å². The Balaban J connectivity index is 2.60. The highest BCUT2D eigenvalue weighted by Crippen LogP contribution is 2.29. The van der Waals surface area contributed by atoms with Crippen molar-refractivity contribution in [2.24, 2.45) is 5.84 Å². The fourth-order valence-electron chi connectivity index (χ4n) is 1.71. The molecule has 114 valence electrons. The van der Waals surface area contributed by atoms with Gasteiger partial charge in [-0.3, -0.25) is 5.43 Å². The van der Waals surface area contributed by atoms with Crippen molar-refractivity contribution in [3.05, 3.63) is 23.4 Å². The van der Waals surface area contributed by atoms with Gasteiger partial charge in [-0.1, -0.05) is 13.8 Å². The number of aromatic nitrogens is 5. The zero-order valence-electron chi connectivity index (χ0n) is 11.4. The maximum absolute atomic E-state index is 12.8. The van der Waals surface area contributed by atoms with Crippen molar-refractivity contribution in [1.29, 1.82) is 0 Å². The summed E-state index contributed by atoms with van der Waals surface area (Å²) >= 11 is 0. The van der Waals surface area contributed by atoms with Gasteiger partial charge in [-0.15, -0.1) is 5.10 Å². The SMILES string of the molecule is CCc1nc(CC)n(-c2cc(C(F)(F)F)nc(NN)n2)n1. The molecule has 0 aliphatic heterocycles. The Bertz CT molecular complexity index is 635. The van der Waals surface area contributed by atoms with E-state index in [4.69, 9.17) is 5.84 Å². The summed E-state index contributed by atoms with van der Waals surface area (Å²) in [6.45, 7) is 3.68. The van der Waals surface area contributed by atoms with E-state index < -0.39 is 11.9 Å². The van der Waals surface area contributed by atoms with Gasteiger partial charge in [-0.2, -0.15) is 22.8 Å². The summed E-state index contributed by atoms with van der Waals surface area (Å²) in [5, 5.41) is 4.15. The molecule has 0 saturated carbocycles. The van der Waals surface area contributed by atoms with Crippen molar-refractivity contribution in [3.63, 3.8) is 0 Å². The molecule has 2 heterocycles. The number of hydrogen-bond donors (Lipinski definition) is 2. The van der Waals surface area contributed by atoms with Gasteiger partial charge in [0.15, 0.2) is 17.3 Å². The normalized spacial score (nSPS) is 11.7. The third-order valence-corrected chi connectivity index (χ3v) is 2.70. The number of rotatable bonds is 4. The van der Waals surface area contributed by atoms with Gasteiger partial charge in [0.1, 0.15) is 5.82 Å². The van der Waals surface area contributed by atoms with Crippen LogP contribution in [0.15, 0.2) is 6.07 Å². The number of hydrogen-bond acceptors (Lipinski definition) is 6. The van der Waals surface area contributed by atoms with Gasteiger partial charge < -0.3 is 0 Å². The van der Waals surface area contributed by atoms with E-state index in [9.17, 15) is 13.2 Å². The van der Waals surface area contributed by atoms with E-state index in [1.54, 1.807) is 0 Å². The van der Waals surface area contributed by atoms with Crippen LogP contribution in [-0.2, 0) is 19.0 Å². The average molecular weight is 301 g/mol. The predicted octanol–water partition coefficient (Wildman–Crippen LogP) is 1.49. The summed E-state index contributed by atoms with van der Waals surface area (Å²) in [6.07, 6.45) is -3.53. The molecule has 0 fully saturated rings. The number of nitrogens with one attached hydrogen (secondary N) is 1. The van der Waals surface area contributed by atoms with Crippen LogP contribution in [0.1, 0.15) is 31.2 Å². The number of hydrazine groups is 1. The highest BCUT2D eigenvalue weighted by atomic mass is 19.4. The number of nitrogen functional groups attached to an aromatic ring is 1. The molecule has 2 rings (SSSR count). The molecule has 2 aromatic heterocycles. The van der Waals surface area contributed by atoms with Crippen LogP contribution in [0.5, 0.6) is 0 Å². The van der Waals surface area contributed by atoms with Crippen molar-refractivity contribution in [3.8, 4) is 5.82 Å². The smallest absolute Gasteiger partial charge is 0.292 e. The van der Waals surface area contributed by atoms with E-state index in [0.29, 0.717) is 24.5 Å². The van der Waals surface area contributed by atoms with Gasteiger partial charge in [0.2, 0.25) is 5.95 Å². The van der Waals surface area contributed by atoms with E-state index in [1.807, 2.05) is 19.3 Å². The molecular weight excluding hydrogens is 287 g/mol. The minimum absolute atomic E-state index is 0.0330. The first-order chi connectivity index (χ1) is 9.88. The van der Waals surface area contributed by atoms with Crippen molar-refractivity contribution in [1.82, 2.24) is 24.7 Å². The molecular formula is C11H14F3N7. The standard InChI is InChI=1S/C11H14F3N7/c1-3-7-17-8(4-2)21(20-7)9-5-6(11(12,13)14)16-10(18-9)19-15/h5H,3-4,15H2,1-2H3,(H,16,18,19). The fraction of sp³-hybridized carbons (Fsp3) is 0.455. The molecule has 0 radical (unpaired) electrons. The van der Waals surface area contributed by atoms with Crippen molar-refractivity contribution >= 4 is 5.95 Å². The fourth-order valence-corrected chi connectivity index (χ4v) is 1.71. The maximum atomic E-state index is 12.8. The first-order valence-electron chi connectivity index (χ1n) is 6.27. The van der Waals surface area contributed by atoms with E-state index in [2.05, 4.69) is 20.1 Å². The van der Waals surface area contributed by atoms with Crippen molar-refractivity contribution in [2.45, 2.75) is 32.9 Å². The number of halogens is 3. The lowest BCUT2D eigenvalue weighted by molar-refractivity contribution is -0.141. The average Bonchev–Trinajstić information content (AvgIpc) is 2.89. The molecule has 0 bridgehead atoms. The zero-order valence-corrected chi connectivity index (χ0v) is 11.4. The van der Waals surface area contributed by atoms with Crippen LogP contribution in [0.4, 0.5) is 19.1 Å². The van der Waals surface area contributed by atoms with Crippen LogP contribution >= 0.6 is 0 Å². The molecule has 7 nitrogen and oxygen atoms in total. The Kier molecular flexibility index (Phi) is 4.07. The molecule has 0 aliphatic rings. The van der Waals surface area contributed by atoms with Crippen LogP contribution < -0.4 is 11.3 Å². The summed E-state index contributed by atoms with van der Waals surface area (Å²) in [6, 6.07) is 0.814. The second-order valence-electron chi connectivity index (χ2n) is 4.14. The summed E-state index contributed by atoms with van der Waals surface area (Å²) in [5.41, 5.74) is 0.923. The molecule has 0 spiro atoms. The molecule has 10 heteroatoms. The number of aryl methyl sites for hydroxylation is 2. The minimum Gasteiger partial charge on any atom is -0.292 e. The highest BCUT2D eigenvalue weighted by molar-refractivity contribution is 5.35. The van der Waals surface area contributed by atoms with Crippen LogP contribution in [-0.4, -0.2) is 24.7 Å². The second kappa shape index (κ2) is 5.64. The molecule has 0 unspecified atom stereocenters. The highest BCUT2D eigenvalue weighted by Gasteiger charge is 2.34. The van der Waals surface area contributed by atoms with Crippen LogP contribution in [0.2, 0.25) is 0 Å².